The zero-order valence-corrected chi connectivity index (χ0v) is 19.6. The number of allylic oxidation sites excluding steroid dienone is 1. The lowest BCUT2D eigenvalue weighted by Crippen LogP contribution is -2.26. The second-order valence-electron chi connectivity index (χ2n) is 7.65. The molecule has 0 unspecified atom stereocenters. The Balaban J connectivity index is 1.98. The number of nitrogens with two attached hydrogens (primary N) is 1. The molecule has 0 amide bonds. The van der Waals surface area contributed by atoms with Crippen molar-refractivity contribution >= 4 is 22.7 Å². The third-order valence-electron chi connectivity index (χ3n) is 5.08. The molecule has 0 fully saturated rings. The van der Waals surface area contributed by atoms with Crippen LogP contribution in [0.25, 0.3) is 11.3 Å². The van der Waals surface area contributed by atoms with Gasteiger partial charge >= 0.3 is 0 Å². The van der Waals surface area contributed by atoms with E-state index in [2.05, 4.69) is 10.3 Å². The number of pyridine rings is 2. The van der Waals surface area contributed by atoms with Crippen molar-refractivity contribution in [1.82, 2.24) is 9.66 Å². The van der Waals surface area contributed by atoms with Crippen molar-refractivity contribution in [2.24, 2.45) is 4.99 Å². The van der Waals surface area contributed by atoms with E-state index in [1.165, 1.54) is 4.68 Å². The Labute approximate surface area is 193 Å². The number of rotatable bonds is 8. The number of aromatic nitrogens is 2. The van der Waals surface area contributed by atoms with Gasteiger partial charge in [0.1, 0.15) is 17.0 Å². The molecule has 0 saturated heterocycles. The first-order valence-corrected chi connectivity index (χ1v) is 10.5. The van der Waals surface area contributed by atoms with Crippen LogP contribution in [0.1, 0.15) is 30.8 Å². The molecule has 2 aromatic heterocycles. The molecule has 3 rings (SSSR count). The molecule has 0 radical (unpaired) electrons. The van der Waals surface area contributed by atoms with Crippen LogP contribution in [0, 0.1) is 12.3 Å². The Morgan fingerprint density at radius 1 is 1.09 bits per heavy atom. The van der Waals surface area contributed by atoms with Gasteiger partial charge in [0.05, 0.1) is 32.2 Å². The molecule has 2 heterocycles. The first-order chi connectivity index (χ1) is 15.8. The van der Waals surface area contributed by atoms with Gasteiger partial charge in [0.2, 0.25) is 0 Å². The van der Waals surface area contributed by atoms with Crippen LogP contribution < -0.4 is 26.1 Å². The van der Waals surface area contributed by atoms with Gasteiger partial charge in [-0.1, -0.05) is 6.07 Å². The van der Waals surface area contributed by atoms with E-state index in [1.54, 1.807) is 26.5 Å². The lowest BCUT2D eigenvalue weighted by Gasteiger charge is -2.13. The maximum Gasteiger partial charge on any atom is 0.143 e. The number of anilines is 1. The lowest BCUT2D eigenvalue weighted by atomic mass is 10.1. The first kappa shape index (κ1) is 23.6. The minimum atomic E-state index is 0.207. The number of aliphatic imine (C=N–C) groups is 1. The minimum absolute atomic E-state index is 0.207. The van der Waals surface area contributed by atoms with Crippen molar-refractivity contribution in [1.29, 1.82) is 5.41 Å². The molecule has 8 nitrogen and oxygen atoms in total. The topological polar surface area (TPSA) is 111 Å². The molecule has 0 aliphatic heterocycles. The van der Waals surface area contributed by atoms with Crippen LogP contribution in [-0.4, -0.2) is 36.1 Å². The third-order valence-corrected chi connectivity index (χ3v) is 5.08. The maximum atomic E-state index is 7.87. The Morgan fingerprint density at radius 3 is 2.39 bits per heavy atom. The van der Waals surface area contributed by atoms with Crippen LogP contribution in [0.3, 0.4) is 0 Å². The monoisotopic (exact) mass is 446 g/mol. The predicted molar refractivity (Wildman–Crippen MR) is 133 cm³/mol. The number of nitrogen functional groups attached to an aromatic ring is 1. The summed E-state index contributed by atoms with van der Waals surface area (Å²) in [5.41, 5.74) is 6.16. The summed E-state index contributed by atoms with van der Waals surface area (Å²) >= 11 is 0. The van der Waals surface area contributed by atoms with Crippen molar-refractivity contribution in [3.63, 3.8) is 0 Å². The van der Waals surface area contributed by atoms with Crippen LogP contribution in [0.15, 0.2) is 59.7 Å². The van der Waals surface area contributed by atoms with Crippen LogP contribution in [-0.2, 0) is 0 Å². The summed E-state index contributed by atoms with van der Waals surface area (Å²) < 4.78 is 12.0. The Kier molecular flexibility index (Phi) is 7.50. The number of nitrogens with one attached hydrogen (secondary N) is 2. The van der Waals surface area contributed by atoms with Gasteiger partial charge in [-0.15, -0.1) is 0 Å². The van der Waals surface area contributed by atoms with Gasteiger partial charge < -0.3 is 20.6 Å². The lowest BCUT2D eigenvalue weighted by molar-refractivity contribution is 0.394. The number of methoxy groups -OCH3 is 2. The second-order valence-corrected chi connectivity index (χ2v) is 7.65. The molecule has 3 aromatic rings. The van der Waals surface area contributed by atoms with E-state index >= 15 is 0 Å². The quantitative estimate of drug-likeness (QED) is 0.359. The number of nitrogens with zero attached hydrogens (tertiary/aromatic N) is 3. The van der Waals surface area contributed by atoms with E-state index in [4.69, 9.17) is 25.7 Å². The highest BCUT2D eigenvalue weighted by Crippen LogP contribution is 2.27. The normalized spacial score (nSPS) is 12.2. The molecule has 33 heavy (non-hydrogen) atoms. The number of hydrogen-bond acceptors (Lipinski definition) is 7. The van der Waals surface area contributed by atoms with Gasteiger partial charge in [-0.05, 0) is 45.0 Å². The molecule has 4 N–H and O–H groups in total. The predicted octanol–water partition coefficient (Wildman–Crippen LogP) is 3.86. The standard InChI is InChI=1S/C25H30N6O2/c1-16-7-6-8-23(29-16)18(3)25(19-9-10-24(26)31(27)15-19)30-17(2)14-28-20-11-21(32-4)13-22(12-20)33-5/h6-13,15,26,28H,14,27H2,1-5H3/b25-18+,26-24?,30-17+. The van der Waals surface area contributed by atoms with Gasteiger partial charge in [-0.25, -0.2) is 0 Å². The van der Waals surface area contributed by atoms with E-state index in [0.29, 0.717) is 18.0 Å². The average Bonchev–Trinajstić information content (AvgIpc) is 2.82. The van der Waals surface area contributed by atoms with Crippen LogP contribution in [0.2, 0.25) is 0 Å². The van der Waals surface area contributed by atoms with E-state index < -0.39 is 0 Å². The SMILES string of the molecule is COc1cc(NC/C(C)=N/C(=C(\C)c2cccc(C)n2)c2ccc(=N)n(N)c2)cc(OC)c1. The maximum absolute atomic E-state index is 7.87. The minimum Gasteiger partial charge on any atom is -0.497 e. The van der Waals surface area contributed by atoms with Crippen LogP contribution >= 0.6 is 0 Å². The summed E-state index contributed by atoms with van der Waals surface area (Å²) in [4.78, 5) is 9.58. The zero-order valence-electron chi connectivity index (χ0n) is 19.6. The van der Waals surface area contributed by atoms with Crippen LogP contribution in [0.5, 0.6) is 11.5 Å². The molecule has 0 aliphatic carbocycles. The van der Waals surface area contributed by atoms with Crippen molar-refractivity contribution in [2.75, 3.05) is 31.9 Å². The molecule has 0 atom stereocenters. The molecule has 0 saturated carbocycles. The molecule has 1 aromatic carbocycles. The Morgan fingerprint density at radius 2 is 1.79 bits per heavy atom. The zero-order chi connectivity index (χ0) is 24.0. The third kappa shape index (κ3) is 6.00. The molecular weight excluding hydrogens is 416 g/mol. The van der Waals surface area contributed by atoms with Gasteiger partial charge in [-0.2, -0.15) is 0 Å². The summed E-state index contributed by atoms with van der Waals surface area (Å²) in [7, 11) is 3.24. The number of aryl methyl sites for hydroxylation is 1. The molecule has 0 spiro atoms. The van der Waals surface area contributed by atoms with E-state index in [1.807, 2.05) is 63.2 Å². The van der Waals surface area contributed by atoms with Gasteiger partial charge in [0.25, 0.3) is 0 Å². The molecule has 172 valence electrons. The van der Waals surface area contributed by atoms with Crippen molar-refractivity contribution in [3.8, 4) is 11.5 Å². The van der Waals surface area contributed by atoms with E-state index in [9.17, 15) is 0 Å². The number of benzene rings is 1. The summed E-state index contributed by atoms with van der Waals surface area (Å²) in [5.74, 6) is 7.36. The fourth-order valence-corrected chi connectivity index (χ4v) is 3.27. The van der Waals surface area contributed by atoms with E-state index in [0.717, 1.165) is 39.6 Å². The molecule has 8 heteroatoms. The fraction of sp³-hybridized carbons (Fsp3) is 0.240. The second kappa shape index (κ2) is 10.5. The Bertz CT molecular complexity index is 1240. The van der Waals surface area contributed by atoms with Crippen LogP contribution in [0.4, 0.5) is 5.69 Å². The van der Waals surface area contributed by atoms with Crippen molar-refractivity contribution in [3.05, 3.63) is 77.2 Å². The molecular formula is C25H30N6O2. The average molecular weight is 447 g/mol. The summed E-state index contributed by atoms with van der Waals surface area (Å²) in [5, 5.41) is 11.2. The highest BCUT2D eigenvalue weighted by molar-refractivity contribution is 5.97. The van der Waals surface area contributed by atoms with Gasteiger partial charge in [0, 0.05) is 52.6 Å². The molecule has 0 aliphatic rings. The molecule has 0 bridgehead atoms. The number of ether oxygens (including phenoxy) is 2. The largest absolute Gasteiger partial charge is 0.497 e. The Hall–Kier alpha value is -4.07. The summed E-state index contributed by atoms with van der Waals surface area (Å²) in [6, 6.07) is 15.0. The van der Waals surface area contributed by atoms with E-state index in [-0.39, 0.29) is 5.49 Å². The highest BCUT2D eigenvalue weighted by Gasteiger charge is 2.11. The van der Waals surface area contributed by atoms with Crippen molar-refractivity contribution in [2.45, 2.75) is 20.8 Å². The fourth-order valence-electron chi connectivity index (χ4n) is 3.27. The van der Waals surface area contributed by atoms with Gasteiger partial charge in [-0.3, -0.25) is 20.1 Å². The number of hydrogen-bond donors (Lipinski definition) is 3. The smallest absolute Gasteiger partial charge is 0.143 e. The first-order valence-electron chi connectivity index (χ1n) is 10.5. The summed E-state index contributed by atoms with van der Waals surface area (Å²) in [6.07, 6.45) is 1.70. The highest BCUT2D eigenvalue weighted by atomic mass is 16.5. The summed E-state index contributed by atoms with van der Waals surface area (Å²) in [6.45, 7) is 6.41. The van der Waals surface area contributed by atoms with Gasteiger partial charge in [0.15, 0.2) is 0 Å². The van der Waals surface area contributed by atoms with Crippen molar-refractivity contribution < 1.29 is 9.47 Å².